The van der Waals surface area contributed by atoms with E-state index in [1.165, 1.54) is 0 Å². The van der Waals surface area contributed by atoms with Gasteiger partial charge >= 0.3 is 0 Å². The summed E-state index contributed by atoms with van der Waals surface area (Å²) in [7, 11) is 0. The third-order valence-electron chi connectivity index (χ3n) is 3.36. The van der Waals surface area contributed by atoms with Gasteiger partial charge in [-0.2, -0.15) is 0 Å². The van der Waals surface area contributed by atoms with Gasteiger partial charge in [-0.3, -0.25) is 11.3 Å². The fourth-order valence-corrected chi connectivity index (χ4v) is 2.37. The highest BCUT2D eigenvalue weighted by atomic mass is 15.3. The number of H-pyrrole nitrogens is 1. The van der Waals surface area contributed by atoms with Crippen molar-refractivity contribution in [2.24, 2.45) is 5.84 Å². The summed E-state index contributed by atoms with van der Waals surface area (Å²) in [5.41, 5.74) is 3.74. The van der Waals surface area contributed by atoms with E-state index >= 15 is 0 Å². The van der Waals surface area contributed by atoms with E-state index in [1.807, 2.05) is 12.3 Å². The van der Waals surface area contributed by atoms with Crippen LogP contribution in [0.4, 0.5) is 5.82 Å². The second-order valence-corrected chi connectivity index (χ2v) is 4.37. The quantitative estimate of drug-likeness (QED) is 0.515. The van der Waals surface area contributed by atoms with E-state index in [9.17, 15) is 0 Å². The maximum Gasteiger partial charge on any atom is 0.142 e. The number of nitrogens with one attached hydrogen (secondary N) is 2. The molecule has 6 nitrogen and oxygen atoms in total. The monoisotopic (exact) mass is 232 g/mol. The van der Waals surface area contributed by atoms with E-state index in [2.05, 4.69) is 25.3 Å². The van der Waals surface area contributed by atoms with Crippen LogP contribution in [0.1, 0.15) is 12.8 Å². The fourth-order valence-electron chi connectivity index (χ4n) is 2.37. The zero-order valence-corrected chi connectivity index (χ0v) is 9.56. The minimum absolute atomic E-state index is 0.426. The predicted molar refractivity (Wildman–Crippen MR) is 66.4 cm³/mol. The first-order valence-electron chi connectivity index (χ1n) is 5.87. The fraction of sp³-hybridized carbons (Fsp3) is 0.455. The number of hydrazine groups is 1. The highest BCUT2D eigenvalue weighted by molar-refractivity contribution is 5.87. The molecule has 0 bridgehead atoms. The smallest absolute Gasteiger partial charge is 0.142 e. The van der Waals surface area contributed by atoms with Gasteiger partial charge in [0.05, 0.1) is 5.39 Å². The Bertz CT molecular complexity index is 499. The highest BCUT2D eigenvalue weighted by Gasteiger charge is 2.20. The lowest BCUT2D eigenvalue weighted by atomic mass is 10.1. The standard InChI is InChI=1S/C11H16N6/c12-16-8-2-5-17(6-3-8)11-9-1-4-13-10(9)14-7-15-11/h1,4,7-8,16H,2-3,5-6,12H2,(H,13,14,15). The van der Waals surface area contributed by atoms with Crippen molar-refractivity contribution < 1.29 is 0 Å². The van der Waals surface area contributed by atoms with Crippen molar-refractivity contribution >= 4 is 16.9 Å². The average Bonchev–Trinajstić information content (AvgIpc) is 2.87. The number of hydrogen-bond donors (Lipinski definition) is 3. The largest absolute Gasteiger partial charge is 0.356 e. The number of aromatic nitrogens is 3. The number of nitrogens with zero attached hydrogens (tertiary/aromatic N) is 3. The van der Waals surface area contributed by atoms with Gasteiger partial charge < -0.3 is 9.88 Å². The first kappa shape index (κ1) is 10.5. The number of rotatable bonds is 2. The third-order valence-corrected chi connectivity index (χ3v) is 3.36. The Morgan fingerprint density at radius 3 is 2.94 bits per heavy atom. The van der Waals surface area contributed by atoms with Gasteiger partial charge in [0.25, 0.3) is 0 Å². The zero-order chi connectivity index (χ0) is 11.7. The van der Waals surface area contributed by atoms with E-state index in [4.69, 9.17) is 5.84 Å². The number of nitrogens with two attached hydrogens (primary N) is 1. The molecule has 1 saturated heterocycles. The van der Waals surface area contributed by atoms with Crippen LogP contribution in [0.2, 0.25) is 0 Å². The Kier molecular flexibility index (Phi) is 2.66. The van der Waals surface area contributed by atoms with Crippen molar-refractivity contribution in [3.63, 3.8) is 0 Å². The molecule has 17 heavy (non-hydrogen) atoms. The zero-order valence-electron chi connectivity index (χ0n) is 9.56. The minimum Gasteiger partial charge on any atom is -0.356 e. The van der Waals surface area contributed by atoms with E-state index in [-0.39, 0.29) is 0 Å². The lowest BCUT2D eigenvalue weighted by Crippen LogP contribution is -2.45. The molecule has 0 radical (unpaired) electrons. The molecule has 3 rings (SSSR count). The van der Waals surface area contributed by atoms with Gasteiger partial charge in [0.1, 0.15) is 17.8 Å². The van der Waals surface area contributed by atoms with Crippen LogP contribution in [0.5, 0.6) is 0 Å². The molecule has 90 valence electrons. The lowest BCUT2D eigenvalue weighted by molar-refractivity contribution is 0.422. The number of anilines is 1. The van der Waals surface area contributed by atoms with Crippen molar-refractivity contribution in [2.75, 3.05) is 18.0 Å². The molecule has 0 saturated carbocycles. The molecule has 3 heterocycles. The van der Waals surface area contributed by atoms with Crippen molar-refractivity contribution in [2.45, 2.75) is 18.9 Å². The van der Waals surface area contributed by atoms with Gasteiger partial charge in [-0.05, 0) is 18.9 Å². The molecule has 1 fully saturated rings. The van der Waals surface area contributed by atoms with Gasteiger partial charge in [0.2, 0.25) is 0 Å². The van der Waals surface area contributed by atoms with Crippen LogP contribution >= 0.6 is 0 Å². The Morgan fingerprint density at radius 1 is 1.35 bits per heavy atom. The first-order valence-corrected chi connectivity index (χ1v) is 5.87. The topological polar surface area (TPSA) is 82.9 Å². The molecule has 2 aromatic rings. The molecule has 6 heteroatoms. The summed E-state index contributed by atoms with van der Waals surface area (Å²) in [5.74, 6) is 6.48. The molecule has 0 atom stereocenters. The summed E-state index contributed by atoms with van der Waals surface area (Å²) in [6.07, 6.45) is 5.61. The van der Waals surface area contributed by atoms with Crippen molar-refractivity contribution in [1.29, 1.82) is 0 Å². The van der Waals surface area contributed by atoms with E-state index in [0.29, 0.717) is 6.04 Å². The molecule has 0 amide bonds. The van der Waals surface area contributed by atoms with E-state index in [0.717, 1.165) is 42.8 Å². The molecular weight excluding hydrogens is 216 g/mol. The molecule has 0 aromatic carbocycles. The second-order valence-electron chi connectivity index (χ2n) is 4.37. The summed E-state index contributed by atoms with van der Waals surface area (Å²) >= 11 is 0. The van der Waals surface area contributed by atoms with Crippen LogP contribution in [0, 0.1) is 0 Å². The summed E-state index contributed by atoms with van der Waals surface area (Å²) in [6.45, 7) is 1.96. The maximum atomic E-state index is 5.46. The predicted octanol–water partition coefficient (Wildman–Crippen LogP) is 0.390. The van der Waals surface area contributed by atoms with Crippen LogP contribution in [0.15, 0.2) is 18.6 Å². The number of piperidine rings is 1. The van der Waals surface area contributed by atoms with Crippen molar-refractivity contribution in [3.05, 3.63) is 18.6 Å². The van der Waals surface area contributed by atoms with E-state index < -0.39 is 0 Å². The van der Waals surface area contributed by atoms with Crippen molar-refractivity contribution in [3.8, 4) is 0 Å². The van der Waals surface area contributed by atoms with Gasteiger partial charge in [-0.1, -0.05) is 0 Å². The summed E-state index contributed by atoms with van der Waals surface area (Å²) in [4.78, 5) is 14.0. The van der Waals surface area contributed by atoms with Crippen molar-refractivity contribution in [1.82, 2.24) is 20.4 Å². The Morgan fingerprint density at radius 2 is 2.18 bits per heavy atom. The molecule has 1 aliphatic rings. The van der Waals surface area contributed by atoms with Crippen LogP contribution in [-0.2, 0) is 0 Å². The summed E-state index contributed by atoms with van der Waals surface area (Å²) < 4.78 is 0. The van der Waals surface area contributed by atoms with Gasteiger partial charge in [0, 0.05) is 25.3 Å². The summed E-state index contributed by atoms with van der Waals surface area (Å²) in [5, 5.41) is 1.09. The van der Waals surface area contributed by atoms with E-state index in [1.54, 1.807) is 6.33 Å². The van der Waals surface area contributed by atoms with Gasteiger partial charge in [-0.25, -0.2) is 9.97 Å². The minimum atomic E-state index is 0.426. The Hall–Kier alpha value is -1.66. The highest BCUT2D eigenvalue weighted by Crippen LogP contribution is 2.24. The molecule has 2 aromatic heterocycles. The number of hydrogen-bond acceptors (Lipinski definition) is 5. The summed E-state index contributed by atoms with van der Waals surface area (Å²) in [6, 6.07) is 2.45. The Balaban J connectivity index is 1.87. The first-order chi connectivity index (χ1) is 8.38. The average molecular weight is 232 g/mol. The molecule has 0 unspecified atom stereocenters. The van der Waals surface area contributed by atoms with Crippen LogP contribution in [0.3, 0.4) is 0 Å². The molecular formula is C11H16N6. The SMILES string of the molecule is NNC1CCN(c2ncnc3[nH]ccc23)CC1. The third kappa shape index (κ3) is 1.85. The van der Waals surface area contributed by atoms with Gasteiger partial charge in [-0.15, -0.1) is 0 Å². The lowest BCUT2D eigenvalue weighted by Gasteiger charge is -2.32. The number of aromatic amines is 1. The van der Waals surface area contributed by atoms with Gasteiger partial charge in [0.15, 0.2) is 0 Å². The second kappa shape index (κ2) is 4.31. The van der Waals surface area contributed by atoms with Crippen LogP contribution < -0.4 is 16.2 Å². The van der Waals surface area contributed by atoms with Crippen LogP contribution in [0.25, 0.3) is 11.0 Å². The Labute approximate surface area is 99.2 Å². The maximum absolute atomic E-state index is 5.46. The number of fused-ring (bicyclic) bond motifs is 1. The molecule has 0 spiro atoms. The normalized spacial score (nSPS) is 17.8. The molecule has 4 N–H and O–H groups in total. The molecule has 1 aliphatic heterocycles. The van der Waals surface area contributed by atoms with Crippen LogP contribution in [-0.4, -0.2) is 34.1 Å². The molecule has 0 aliphatic carbocycles.